The Balaban J connectivity index is 1.45. The van der Waals surface area contributed by atoms with Gasteiger partial charge in [0.2, 0.25) is 5.91 Å². The number of nitrogens with zero attached hydrogens (tertiary/aromatic N) is 6. The number of nitrogens with one attached hydrogen (secondary N) is 2. The van der Waals surface area contributed by atoms with Gasteiger partial charge in [0, 0.05) is 37.1 Å². The van der Waals surface area contributed by atoms with Crippen LogP contribution in [0.15, 0.2) is 49.2 Å². The summed E-state index contributed by atoms with van der Waals surface area (Å²) in [6.07, 6.45) is 4.54. The molecule has 4 heterocycles. The highest BCUT2D eigenvalue weighted by molar-refractivity contribution is 6.30. The third kappa shape index (κ3) is 3.42. The number of fused-ring (bicyclic) bond motifs is 2. The molecule has 6 rings (SSSR count). The van der Waals surface area contributed by atoms with Crippen molar-refractivity contribution < 1.29 is 15.0 Å². The molecule has 4 N–H and O–H groups in total. The molecule has 2 aliphatic rings. The number of amides is 1. The Hall–Kier alpha value is -3.67. The molecule has 2 fully saturated rings. The van der Waals surface area contributed by atoms with Gasteiger partial charge in [-0.15, -0.1) is 0 Å². The highest BCUT2D eigenvalue weighted by Gasteiger charge is 2.75. The minimum absolute atomic E-state index is 0.254. The minimum atomic E-state index is -1.19. The van der Waals surface area contributed by atoms with Crippen molar-refractivity contribution in [3.05, 3.63) is 59.9 Å². The molecule has 2 saturated carbocycles. The zero-order valence-corrected chi connectivity index (χ0v) is 20.0. The zero-order chi connectivity index (χ0) is 25.0. The van der Waals surface area contributed by atoms with Crippen LogP contribution in [0.3, 0.4) is 0 Å². The summed E-state index contributed by atoms with van der Waals surface area (Å²) < 4.78 is 1.74. The van der Waals surface area contributed by atoms with E-state index in [1.165, 1.54) is 13.2 Å². The van der Waals surface area contributed by atoms with Crippen LogP contribution in [0.25, 0.3) is 22.6 Å². The average Bonchev–Trinajstić information content (AvgIpc) is 3.43. The molecule has 0 radical (unpaired) electrons. The fourth-order valence-electron chi connectivity index (χ4n) is 5.38. The van der Waals surface area contributed by atoms with E-state index in [0.717, 1.165) is 5.69 Å². The van der Waals surface area contributed by atoms with Gasteiger partial charge in [0.15, 0.2) is 17.3 Å². The van der Waals surface area contributed by atoms with Crippen molar-refractivity contribution in [2.45, 2.75) is 31.2 Å². The van der Waals surface area contributed by atoms with Crippen LogP contribution in [0.1, 0.15) is 18.2 Å². The number of pyridine rings is 2. The van der Waals surface area contributed by atoms with Crippen molar-refractivity contribution in [3.8, 4) is 11.4 Å². The van der Waals surface area contributed by atoms with Gasteiger partial charge in [-0.1, -0.05) is 17.7 Å². The predicted molar refractivity (Wildman–Crippen MR) is 131 cm³/mol. The molecule has 1 amide bonds. The molecule has 0 bridgehead atoms. The van der Waals surface area contributed by atoms with Crippen LogP contribution in [-0.4, -0.2) is 64.9 Å². The number of hydrogen-bond acceptors (Lipinski definition) is 9. The van der Waals surface area contributed by atoms with Gasteiger partial charge in [0.1, 0.15) is 11.6 Å². The van der Waals surface area contributed by atoms with Crippen LogP contribution in [0.5, 0.6) is 0 Å². The van der Waals surface area contributed by atoms with Crippen molar-refractivity contribution in [1.82, 2.24) is 34.8 Å². The number of rotatable bonds is 6. The topological polar surface area (TPSA) is 151 Å². The standard InChI is InChI=1S/C24H23ClN8O3/c1-26-23(36)24-7-15(24)17(18(34)19(24)35)33-11-30-16-21(29-10-14-4-2-3-5-28-14)31-20(32-22(16)33)12-6-13(25)9-27-8-12/h2-6,8-9,11,15,17-19,34-35H,7,10H2,1H3,(H,26,36)(H,29,31,32)/t15-,17?,18+,19+,24?/m1/s1. The molecular formula is C24H23ClN8O3. The molecule has 36 heavy (non-hydrogen) atoms. The fraction of sp³-hybridized carbons (Fsp3) is 0.333. The van der Waals surface area contributed by atoms with Crippen LogP contribution in [0, 0.1) is 11.3 Å². The largest absolute Gasteiger partial charge is 0.389 e. The van der Waals surface area contributed by atoms with E-state index in [0.29, 0.717) is 46.4 Å². The third-order valence-corrected chi connectivity index (χ3v) is 7.40. The Morgan fingerprint density at radius 2 is 2.11 bits per heavy atom. The first-order valence-electron chi connectivity index (χ1n) is 11.5. The Morgan fingerprint density at radius 1 is 1.25 bits per heavy atom. The first-order chi connectivity index (χ1) is 17.4. The van der Waals surface area contributed by atoms with Crippen LogP contribution in [0.2, 0.25) is 5.02 Å². The van der Waals surface area contributed by atoms with Gasteiger partial charge in [-0.2, -0.15) is 0 Å². The van der Waals surface area contributed by atoms with Crippen molar-refractivity contribution >= 4 is 34.5 Å². The lowest BCUT2D eigenvalue weighted by atomic mass is 9.98. The number of anilines is 1. The molecule has 0 saturated heterocycles. The van der Waals surface area contributed by atoms with E-state index in [1.807, 2.05) is 18.2 Å². The van der Waals surface area contributed by atoms with Gasteiger partial charge < -0.3 is 25.4 Å². The molecule has 184 valence electrons. The molecular weight excluding hydrogens is 484 g/mol. The molecule has 11 nitrogen and oxygen atoms in total. The zero-order valence-electron chi connectivity index (χ0n) is 19.2. The van der Waals surface area contributed by atoms with E-state index < -0.39 is 23.7 Å². The summed E-state index contributed by atoms with van der Waals surface area (Å²) in [5, 5.41) is 28.1. The molecule has 0 aliphatic heterocycles. The van der Waals surface area contributed by atoms with Crippen LogP contribution >= 0.6 is 11.6 Å². The molecule has 0 aromatic carbocycles. The summed E-state index contributed by atoms with van der Waals surface area (Å²) >= 11 is 6.17. The number of aliphatic hydroxyl groups excluding tert-OH is 2. The second kappa shape index (κ2) is 8.47. The third-order valence-electron chi connectivity index (χ3n) is 7.19. The Bertz CT molecular complexity index is 1460. The molecule has 12 heteroatoms. The molecule has 2 unspecified atom stereocenters. The number of imidazole rings is 1. The number of aliphatic hydroxyl groups is 2. The maximum absolute atomic E-state index is 12.6. The van der Waals surface area contributed by atoms with Gasteiger partial charge >= 0.3 is 0 Å². The lowest BCUT2D eigenvalue weighted by Crippen LogP contribution is -2.41. The van der Waals surface area contributed by atoms with Gasteiger partial charge in [-0.25, -0.2) is 15.0 Å². The minimum Gasteiger partial charge on any atom is -0.389 e. The number of carbonyl (C=O) groups excluding carboxylic acids is 1. The van der Waals surface area contributed by atoms with Gasteiger partial charge in [-0.05, 0) is 24.6 Å². The second-order valence-corrected chi connectivity index (χ2v) is 9.58. The lowest BCUT2D eigenvalue weighted by molar-refractivity contribution is -0.132. The number of hydrogen-bond donors (Lipinski definition) is 4. The number of carbonyl (C=O) groups is 1. The number of aromatic nitrogens is 6. The Labute approximate surface area is 210 Å². The first-order valence-corrected chi connectivity index (χ1v) is 11.9. The smallest absolute Gasteiger partial charge is 0.229 e. The fourth-order valence-corrected chi connectivity index (χ4v) is 5.56. The molecule has 5 atom stereocenters. The van der Waals surface area contributed by atoms with Crippen molar-refractivity contribution in [1.29, 1.82) is 0 Å². The normalized spacial score (nSPS) is 26.6. The van der Waals surface area contributed by atoms with Gasteiger partial charge in [-0.3, -0.25) is 14.8 Å². The molecule has 4 aromatic rings. The number of halogens is 1. The van der Waals surface area contributed by atoms with Crippen LogP contribution in [-0.2, 0) is 11.3 Å². The lowest BCUT2D eigenvalue weighted by Gasteiger charge is -2.23. The summed E-state index contributed by atoms with van der Waals surface area (Å²) in [7, 11) is 1.53. The van der Waals surface area contributed by atoms with Crippen molar-refractivity contribution in [3.63, 3.8) is 0 Å². The highest BCUT2D eigenvalue weighted by atomic mass is 35.5. The average molecular weight is 507 g/mol. The predicted octanol–water partition coefficient (Wildman–Crippen LogP) is 1.58. The maximum Gasteiger partial charge on any atom is 0.229 e. The summed E-state index contributed by atoms with van der Waals surface area (Å²) in [5.41, 5.74) is 1.36. The first kappa shape index (κ1) is 22.8. The summed E-state index contributed by atoms with van der Waals surface area (Å²) in [6, 6.07) is 6.78. The van der Waals surface area contributed by atoms with E-state index in [1.54, 1.807) is 29.4 Å². The second-order valence-electron chi connectivity index (χ2n) is 9.14. The monoisotopic (exact) mass is 506 g/mol. The Kier molecular flexibility index (Phi) is 5.36. The van der Waals surface area contributed by atoms with E-state index in [9.17, 15) is 15.0 Å². The maximum atomic E-state index is 12.6. The Morgan fingerprint density at radius 3 is 2.86 bits per heavy atom. The molecule has 2 aliphatic carbocycles. The van der Waals surface area contributed by atoms with Crippen LogP contribution in [0.4, 0.5) is 5.82 Å². The van der Waals surface area contributed by atoms with E-state index in [4.69, 9.17) is 16.6 Å². The van der Waals surface area contributed by atoms with Gasteiger partial charge in [0.05, 0.1) is 41.1 Å². The van der Waals surface area contributed by atoms with Crippen LogP contribution < -0.4 is 10.6 Å². The van der Waals surface area contributed by atoms with Crippen molar-refractivity contribution in [2.24, 2.45) is 11.3 Å². The molecule has 0 spiro atoms. The van der Waals surface area contributed by atoms with E-state index in [-0.39, 0.29) is 11.8 Å². The summed E-state index contributed by atoms with van der Waals surface area (Å²) in [4.78, 5) is 35.1. The summed E-state index contributed by atoms with van der Waals surface area (Å²) in [6.45, 7) is 0.403. The van der Waals surface area contributed by atoms with E-state index >= 15 is 0 Å². The van der Waals surface area contributed by atoms with E-state index in [2.05, 4.69) is 30.6 Å². The van der Waals surface area contributed by atoms with Gasteiger partial charge in [0.25, 0.3) is 0 Å². The quantitative estimate of drug-likeness (QED) is 0.305. The highest BCUT2D eigenvalue weighted by Crippen LogP contribution is 2.67. The summed E-state index contributed by atoms with van der Waals surface area (Å²) in [5.74, 6) is 0.310. The SMILES string of the molecule is CNC(=O)C12C[C@@H]1C(n1cnc3c(NCc4ccccn4)nc(-c4cncc(Cl)c4)nc31)[C@H](O)[C@@H]2O. The molecule has 4 aromatic heterocycles. The van der Waals surface area contributed by atoms with Crippen molar-refractivity contribution in [2.75, 3.05) is 12.4 Å².